The summed E-state index contributed by atoms with van der Waals surface area (Å²) in [6, 6.07) is 13.4. The molecule has 3 rings (SSSR count). The van der Waals surface area contributed by atoms with Gasteiger partial charge in [-0.2, -0.15) is 0 Å². The van der Waals surface area contributed by atoms with E-state index in [0.717, 1.165) is 5.56 Å². The van der Waals surface area contributed by atoms with E-state index in [4.69, 9.17) is 4.42 Å². The van der Waals surface area contributed by atoms with E-state index in [1.54, 1.807) is 24.3 Å². The SMILES string of the molecule is O=c1c(CNCc2ccc(F)cc2)coc2ccccc12. The molecule has 3 aromatic rings. The highest BCUT2D eigenvalue weighted by atomic mass is 19.1. The van der Waals surface area contributed by atoms with Gasteiger partial charge in [-0.05, 0) is 29.8 Å². The Morgan fingerprint density at radius 3 is 2.57 bits per heavy atom. The van der Waals surface area contributed by atoms with Crippen LogP contribution >= 0.6 is 0 Å². The van der Waals surface area contributed by atoms with E-state index in [-0.39, 0.29) is 11.2 Å². The second-order valence-electron chi connectivity index (χ2n) is 4.82. The molecule has 106 valence electrons. The Hall–Kier alpha value is -2.46. The summed E-state index contributed by atoms with van der Waals surface area (Å²) < 4.78 is 18.3. The molecule has 0 bridgehead atoms. The summed E-state index contributed by atoms with van der Waals surface area (Å²) in [4.78, 5) is 12.3. The molecule has 2 aromatic carbocycles. The van der Waals surface area contributed by atoms with Gasteiger partial charge in [0.1, 0.15) is 11.4 Å². The largest absolute Gasteiger partial charge is 0.464 e. The lowest BCUT2D eigenvalue weighted by Crippen LogP contribution is -2.19. The zero-order chi connectivity index (χ0) is 14.7. The van der Waals surface area contributed by atoms with Gasteiger partial charge in [0.05, 0.1) is 11.6 Å². The predicted octanol–water partition coefficient (Wildman–Crippen LogP) is 3.22. The normalized spacial score (nSPS) is 10.9. The molecule has 0 saturated carbocycles. The summed E-state index contributed by atoms with van der Waals surface area (Å²) in [5.41, 5.74) is 2.10. The average Bonchev–Trinajstić information content (AvgIpc) is 2.52. The van der Waals surface area contributed by atoms with Gasteiger partial charge < -0.3 is 9.73 Å². The minimum atomic E-state index is -0.256. The third-order valence-electron chi connectivity index (χ3n) is 3.31. The van der Waals surface area contributed by atoms with Crippen molar-refractivity contribution >= 4 is 11.0 Å². The van der Waals surface area contributed by atoms with Crippen molar-refractivity contribution in [3.05, 3.63) is 82.0 Å². The van der Waals surface area contributed by atoms with Crippen LogP contribution < -0.4 is 10.7 Å². The average molecular weight is 283 g/mol. The fourth-order valence-electron chi connectivity index (χ4n) is 2.18. The molecule has 0 atom stereocenters. The molecule has 1 heterocycles. The van der Waals surface area contributed by atoms with Crippen LogP contribution in [-0.2, 0) is 13.1 Å². The van der Waals surface area contributed by atoms with Crippen molar-refractivity contribution < 1.29 is 8.81 Å². The van der Waals surface area contributed by atoms with Crippen molar-refractivity contribution in [2.24, 2.45) is 0 Å². The summed E-state index contributed by atoms with van der Waals surface area (Å²) in [5.74, 6) is -0.256. The first kappa shape index (κ1) is 13.5. The number of benzene rings is 2. The maximum Gasteiger partial charge on any atom is 0.197 e. The Kier molecular flexibility index (Phi) is 3.79. The molecule has 0 amide bonds. The van der Waals surface area contributed by atoms with Crippen LogP contribution in [0.2, 0.25) is 0 Å². The summed E-state index contributed by atoms with van der Waals surface area (Å²) in [6.07, 6.45) is 1.49. The highest BCUT2D eigenvalue weighted by Gasteiger charge is 2.05. The second kappa shape index (κ2) is 5.89. The van der Waals surface area contributed by atoms with Crippen LogP contribution in [0.4, 0.5) is 4.39 Å². The number of rotatable bonds is 4. The Balaban J connectivity index is 1.72. The predicted molar refractivity (Wildman–Crippen MR) is 79.4 cm³/mol. The van der Waals surface area contributed by atoms with Gasteiger partial charge in [-0.25, -0.2) is 4.39 Å². The third kappa shape index (κ3) is 3.01. The zero-order valence-corrected chi connectivity index (χ0v) is 11.3. The Morgan fingerprint density at radius 2 is 1.76 bits per heavy atom. The molecule has 3 nitrogen and oxygen atoms in total. The van der Waals surface area contributed by atoms with E-state index >= 15 is 0 Å². The van der Waals surface area contributed by atoms with Crippen molar-refractivity contribution in [3.63, 3.8) is 0 Å². The standard InChI is InChI=1S/C17H14FNO2/c18-14-7-5-12(6-8-14)9-19-10-13-11-21-16-4-2-1-3-15(16)17(13)20/h1-8,11,19H,9-10H2. The highest BCUT2D eigenvalue weighted by molar-refractivity contribution is 5.76. The van der Waals surface area contributed by atoms with E-state index in [0.29, 0.717) is 29.6 Å². The minimum absolute atomic E-state index is 0.0246. The van der Waals surface area contributed by atoms with Gasteiger partial charge in [-0.15, -0.1) is 0 Å². The lowest BCUT2D eigenvalue weighted by atomic mass is 10.1. The first-order valence-corrected chi connectivity index (χ1v) is 6.68. The van der Waals surface area contributed by atoms with E-state index in [2.05, 4.69) is 5.32 Å². The van der Waals surface area contributed by atoms with Crippen LogP contribution in [0.15, 0.2) is 64.0 Å². The van der Waals surface area contributed by atoms with Gasteiger partial charge in [0.2, 0.25) is 0 Å². The summed E-state index contributed by atoms with van der Waals surface area (Å²) in [6.45, 7) is 0.969. The van der Waals surface area contributed by atoms with E-state index in [1.807, 2.05) is 12.1 Å². The van der Waals surface area contributed by atoms with Crippen molar-refractivity contribution in [1.29, 1.82) is 0 Å². The maximum absolute atomic E-state index is 12.8. The first-order chi connectivity index (χ1) is 10.2. The Bertz CT molecular complexity index is 809. The molecule has 1 aromatic heterocycles. The quantitative estimate of drug-likeness (QED) is 0.799. The fraction of sp³-hybridized carbons (Fsp3) is 0.118. The molecule has 0 aliphatic rings. The number of hydrogen-bond donors (Lipinski definition) is 1. The van der Waals surface area contributed by atoms with Gasteiger partial charge in [0.15, 0.2) is 5.43 Å². The van der Waals surface area contributed by atoms with E-state index < -0.39 is 0 Å². The van der Waals surface area contributed by atoms with Crippen molar-refractivity contribution in [3.8, 4) is 0 Å². The van der Waals surface area contributed by atoms with Crippen LogP contribution in [0.3, 0.4) is 0 Å². The first-order valence-electron chi connectivity index (χ1n) is 6.68. The van der Waals surface area contributed by atoms with E-state index in [9.17, 15) is 9.18 Å². The van der Waals surface area contributed by atoms with Gasteiger partial charge in [0.25, 0.3) is 0 Å². The lowest BCUT2D eigenvalue weighted by Gasteiger charge is -2.05. The minimum Gasteiger partial charge on any atom is -0.464 e. The third-order valence-corrected chi connectivity index (χ3v) is 3.31. The number of hydrogen-bond acceptors (Lipinski definition) is 3. The lowest BCUT2D eigenvalue weighted by molar-refractivity contribution is 0.580. The molecule has 0 saturated heterocycles. The smallest absolute Gasteiger partial charge is 0.197 e. The fourth-order valence-corrected chi connectivity index (χ4v) is 2.18. The zero-order valence-electron chi connectivity index (χ0n) is 11.3. The molecule has 0 spiro atoms. The van der Waals surface area contributed by atoms with Crippen LogP contribution in [0.5, 0.6) is 0 Å². The topological polar surface area (TPSA) is 42.2 Å². The van der Waals surface area contributed by atoms with Gasteiger partial charge in [-0.1, -0.05) is 24.3 Å². The number of para-hydroxylation sites is 1. The molecular formula is C17H14FNO2. The van der Waals surface area contributed by atoms with Gasteiger partial charge in [0, 0.05) is 18.7 Å². The van der Waals surface area contributed by atoms with Crippen LogP contribution in [0.1, 0.15) is 11.1 Å². The van der Waals surface area contributed by atoms with Gasteiger partial charge >= 0.3 is 0 Å². The molecular weight excluding hydrogens is 269 g/mol. The Morgan fingerprint density at radius 1 is 1.00 bits per heavy atom. The monoisotopic (exact) mass is 283 g/mol. The van der Waals surface area contributed by atoms with Crippen LogP contribution in [0, 0.1) is 5.82 Å². The Labute approximate surface area is 121 Å². The molecule has 1 N–H and O–H groups in total. The highest BCUT2D eigenvalue weighted by Crippen LogP contribution is 2.10. The number of halogens is 1. The summed E-state index contributed by atoms with van der Waals surface area (Å²) in [7, 11) is 0. The molecule has 0 aliphatic carbocycles. The van der Waals surface area contributed by atoms with Crippen LogP contribution in [0.25, 0.3) is 11.0 Å². The summed E-state index contributed by atoms with van der Waals surface area (Å²) in [5, 5.41) is 3.74. The van der Waals surface area contributed by atoms with Crippen LogP contribution in [-0.4, -0.2) is 0 Å². The maximum atomic E-state index is 12.8. The molecule has 0 radical (unpaired) electrons. The van der Waals surface area contributed by atoms with Gasteiger partial charge in [-0.3, -0.25) is 4.79 Å². The summed E-state index contributed by atoms with van der Waals surface area (Å²) >= 11 is 0. The molecule has 21 heavy (non-hydrogen) atoms. The molecule has 0 aliphatic heterocycles. The van der Waals surface area contributed by atoms with E-state index in [1.165, 1.54) is 18.4 Å². The number of fused-ring (bicyclic) bond motifs is 1. The molecule has 4 heteroatoms. The van der Waals surface area contributed by atoms with Crippen molar-refractivity contribution in [2.75, 3.05) is 0 Å². The second-order valence-corrected chi connectivity index (χ2v) is 4.82. The van der Waals surface area contributed by atoms with Crippen molar-refractivity contribution in [2.45, 2.75) is 13.1 Å². The number of nitrogens with one attached hydrogen (secondary N) is 1. The molecule has 0 unspecified atom stereocenters. The van der Waals surface area contributed by atoms with Crippen molar-refractivity contribution in [1.82, 2.24) is 5.32 Å². The molecule has 0 fully saturated rings.